The van der Waals surface area contributed by atoms with E-state index in [0.717, 1.165) is 13.0 Å². The van der Waals surface area contributed by atoms with Gasteiger partial charge in [-0.2, -0.15) is 0 Å². The fourth-order valence-electron chi connectivity index (χ4n) is 1.80. The second-order valence-electron chi connectivity index (χ2n) is 4.34. The Morgan fingerprint density at radius 2 is 2.22 bits per heavy atom. The van der Waals surface area contributed by atoms with Gasteiger partial charge in [-0.05, 0) is 12.3 Å². The van der Waals surface area contributed by atoms with Gasteiger partial charge >= 0.3 is 0 Å². The third kappa shape index (κ3) is 4.26. The van der Waals surface area contributed by atoms with Crippen LogP contribution in [0.2, 0.25) is 5.15 Å². The normalized spacial score (nSPS) is 12.2. The molecule has 0 amide bonds. The van der Waals surface area contributed by atoms with Crippen LogP contribution in [-0.2, 0) is 0 Å². The quantitative estimate of drug-likeness (QED) is 0.579. The maximum absolute atomic E-state index is 10.9. The minimum absolute atomic E-state index is 0.198. The lowest BCUT2D eigenvalue weighted by Gasteiger charge is -2.16. The fraction of sp³-hybridized carbons (Fsp3) is 0.615. The van der Waals surface area contributed by atoms with Crippen LogP contribution in [0.25, 0.3) is 0 Å². The van der Waals surface area contributed by atoms with E-state index in [1.807, 2.05) is 0 Å². The van der Waals surface area contributed by atoms with Gasteiger partial charge in [-0.1, -0.05) is 44.7 Å². The van der Waals surface area contributed by atoms with Gasteiger partial charge in [-0.3, -0.25) is 4.79 Å². The van der Waals surface area contributed by atoms with E-state index in [4.69, 9.17) is 11.6 Å². The number of hydrogen-bond acceptors (Lipinski definition) is 4. The van der Waals surface area contributed by atoms with Gasteiger partial charge in [0, 0.05) is 6.54 Å². The van der Waals surface area contributed by atoms with Crippen molar-refractivity contribution in [3.63, 3.8) is 0 Å². The first-order valence-electron chi connectivity index (χ1n) is 6.42. The first kappa shape index (κ1) is 14.9. The molecule has 1 N–H and O–H groups in total. The molecule has 0 fully saturated rings. The van der Waals surface area contributed by atoms with Crippen LogP contribution >= 0.6 is 11.6 Å². The van der Waals surface area contributed by atoms with Gasteiger partial charge in [0.25, 0.3) is 0 Å². The highest BCUT2D eigenvalue weighted by Gasteiger charge is 2.11. The van der Waals surface area contributed by atoms with Crippen LogP contribution in [-0.4, -0.2) is 22.8 Å². The number of aromatic nitrogens is 2. The molecular weight excluding hydrogens is 250 g/mol. The van der Waals surface area contributed by atoms with Gasteiger partial charge in [-0.15, -0.1) is 0 Å². The molecule has 18 heavy (non-hydrogen) atoms. The smallest absolute Gasteiger partial charge is 0.156 e. The predicted octanol–water partition coefficient (Wildman–Crippen LogP) is 3.57. The van der Waals surface area contributed by atoms with Crippen LogP contribution in [0.3, 0.4) is 0 Å². The van der Waals surface area contributed by atoms with Crippen LogP contribution in [0.1, 0.15) is 49.9 Å². The molecule has 1 atom stereocenters. The van der Waals surface area contributed by atoms with E-state index < -0.39 is 0 Å². The average Bonchev–Trinajstić information content (AvgIpc) is 2.39. The number of carbonyl (C=O) groups is 1. The lowest BCUT2D eigenvalue weighted by atomic mass is 9.99. The number of aldehydes is 1. The monoisotopic (exact) mass is 269 g/mol. The third-order valence-corrected chi connectivity index (χ3v) is 3.36. The van der Waals surface area contributed by atoms with Crippen molar-refractivity contribution in [3.8, 4) is 0 Å². The summed E-state index contributed by atoms with van der Waals surface area (Å²) in [5.41, 5.74) is 0.338. The summed E-state index contributed by atoms with van der Waals surface area (Å²) >= 11 is 5.84. The van der Waals surface area contributed by atoms with E-state index in [2.05, 4.69) is 29.1 Å². The van der Waals surface area contributed by atoms with E-state index >= 15 is 0 Å². The Morgan fingerprint density at radius 3 is 2.83 bits per heavy atom. The molecule has 1 aromatic rings. The highest BCUT2D eigenvalue weighted by molar-refractivity contribution is 6.32. The summed E-state index contributed by atoms with van der Waals surface area (Å²) in [7, 11) is 0. The molecule has 0 aliphatic heterocycles. The molecule has 0 aromatic carbocycles. The number of carbonyl (C=O) groups excluding carboxylic acids is 1. The second kappa shape index (κ2) is 8.03. The van der Waals surface area contributed by atoms with Crippen LogP contribution < -0.4 is 5.32 Å². The van der Waals surface area contributed by atoms with E-state index in [1.54, 1.807) is 0 Å². The lowest BCUT2D eigenvalue weighted by molar-refractivity contribution is 0.112. The summed E-state index contributed by atoms with van der Waals surface area (Å²) in [6.45, 7) is 5.18. The predicted molar refractivity (Wildman–Crippen MR) is 74.2 cm³/mol. The number of unbranched alkanes of at least 4 members (excludes halogenated alkanes) is 1. The molecule has 100 valence electrons. The molecule has 1 aromatic heterocycles. The molecule has 0 aliphatic rings. The minimum atomic E-state index is 0.198. The number of anilines is 1. The number of halogens is 1. The largest absolute Gasteiger partial charge is 0.369 e. The summed E-state index contributed by atoms with van der Waals surface area (Å²) in [6, 6.07) is 0. The zero-order chi connectivity index (χ0) is 13.4. The van der Waals surface area contributed by atoms with Crippen LogP contribution in [0, 0.1) is 5.92 Å². The molecule has 0 spiro atoms. The molecule has 0 bridgehead atoms. The Kier molecular flexibility index (Phi) is 6.65. The number of nitrogens with zero attached hydrogens (tertiary/aromatic N) is 2. The number of hydrogen-bond donors (Lipinski definition) is 1. The Labute approximate surface area is 113 Å². The maximum Gasteiger partial charge on any atom is 0.156 e. The summed E-state index contributed by atoms with van der Waals surface area (Å²) in [6.07, 6.45) is 6.79. The zero-order valence-corrected chi connectivity index (χ0v) is 11.7. The van der Waals surface area contributed by atoms with Crippen LogP contribution in [0.4, 0.5) is 5.82 Å². The van der Waals surface area contributed by atoms with Crippen LogP contribution in [0.15, 0.2) is 6.33 Å². The first-order valence-corrected chi connectivity index (χ1v) is 6.80. The van der Waals surface area contributed by atoms with Crippen molar-refractivity contribution in [3.05, 3.63) is 17.0 Å². The first-order chi connectivity index (χ1) is 8.72. The van der Waals surface area contributed by atoms with Crippen LogP contribution in [0.5, 0.6) is 0 Å². The molecule has 0 saturated heterocycles. The molecule has 0 aliphatic carbocycles. The topological polar surface area (TPSA) is 54.9 Å². The average molecular weight is 270 g/mol. The van der Waals surface area contributed by atoms with Crippen molar-refractivity contribution < 1.29 is 4.79 Å². The van der Waals surface area contributed by atoms with Gasteiger partial charge in [0.1, 0.15) is 17.3 Å². The second-order valence-corrected chi connectivity index (χ2v) is 4.70. The molecular formula is C13H20ClN3O. The SMILES string of the molecule is CCCCC(CC)CNc1ncnc(Cl)c1C=O. The van der Waals surface area contributed by atoms with Gasteiger partial charge < -0.3 is 5.32 Å². The van der Waals surface area contributed by atoms with Crippen molar-refractivity contribution in [2.24, 2.45) is 5.92 Å². The molecule has 0 saturated carbocycles. The summed E-state index contributed by atoms with van der Waals surface area (Å²) in [5, 5.41) is 3.40. The van der Waals surface area contributed by atoms with Crippen molar-refractivity contribution in [2.45, 2.75) is 39.5 Å². The highest BCUT2D eigenvalue weighted by atomic mass is 35.5. The summed E-state index contributed by atoms with van der Waals surface area (Å²) < 4.78 is 0. The molecule has 4 nitrogen and oxygen atoms in total. The van der Waals surface area contributed by atoms with Gasteiger partial charge in [-0.25, -0.2) is 9.97 Å². The van der Waals surface area contributed by atoms with E-state index in [0.29, 0.717) is 23.6 Å². The summed E-state index contributed by atoms with van der Waals surface area (Å²) in [5.74, 6) is 1.12. The molecule has 5 heteroatoms. The van der Waals surface area contributed by atoms with Gasteiger partial charge in [0.05, 0.1) is 5.56 Å². The van der Waals surface area contributed by atoms with E-state index in [1.165, 1.54) is 25.6 Å². The van der Waals surface area contributed by atoms with Gasteiger partial charge in [0.15, 0.2) is 6.29 Å². The van der Waals surface area contributed by atoms with E-state index in [-0.39, 0.29) is 5.15 Å². The number of nitrogens with one attached hydrogen (secondary N) is 1. The lowest BCUT2D eigenvalue weighted by Crippen LogP contribution is -2.15. The highest BCUT2D eigenvalue weighted by Crippen LogP contribution is 2.19. The Hall–Kier alpha value is -1.16. The minimum Gasteiger partial charge on any atom is -0.369 e. The molecule has 1 heterocycles. The summed E-state index contributed by atoms with van der Waals surface area (Å²) in [4.78, 5) is 18.8. The Balaban J connectivity index is 2.61. The molecule has 0 radical (unpaired) electrons. The third-order valence-electron chi connectivity index (χ3n) is 3.05. The van der Waals surface area contributed by atoms with Crippen molar-refractivity contribution in [1.29, 1.82) is 0 Å². The Bertz CT molecular complexity index is 384. The Morgan fingerprint density at radius 1 is 1.44 bits per heavy atom. The molecule has 1 rings (SSSR count). The standard InChI is InChI=1S/C13H20ClN3O/c1-3-5-6-10(4-2)7-15-13-11(8-18)12(14)16-9-17-13/h8-10H,3-7H2,1-2H3,(H,15,16,17). The van der Waals surface area contributed by atoms with E-state index in [9.17, 15) is 4.79 Å². The zero-order valence-electron chi connectivity index (χ0n) is 10.9. The van der Waals surface area contributed by atoms with Crippen molar-refractivity contribution >= 4 is 23.7 Å². The maximum atomic E-state index is 10.9. The van der Waals surface area contributed by atoms with Crippen molar-refractivity contribution in [2.75, 3.05) is 11.9 Å². The van der Waals surface area contributed by atoms with Crippen molar-refractivity contribution in [1.82, 2.24) is 9.97 Å². The fourth-order valence-corrected chi connectivity index (χ4v) is 1.98. The van der Waals surface area contributed by atoms with Gasteiger partial charge in [0.2, 0.25) is 0 Å². The molecule has 1 unspecified atom stereocenters. The number of rotatable bonds is 8.